The summed E-state index contributed by atoms with van der Waals surface area (Å²) in [4.78, 5) is 3.98. The van der Waals surface area contributed by atoms with Crippen molar-refractivity contribution in [3.8, 4) is 16.9 Å². The van der Waals surface area contributed by atoms with Crippen LogP contribution in [0.3, 0.4) is 0 Å². The molecule has 94 valence electrons. The molecule has 5 nitrogen and oxygen atoms in total. The van der Waals surface area contributed by atoms with Gasteiger partial charge < -0.3 is 5.73 Å². The molecule has 0 aliphatic rings. The van der Waals surface area contributed by atoms with Gasteiger partial charge in [-0.25, -0.2) is 0 Å². The van der Waals surface area contributed by atoms with Gasteiger partial charge >= 0.3 is 0 Å². The molecule has 1 aromatic carbocycles. The van der Waals surface area contributed by atoms with E-state index in [1.807, 2.05) is 43.3 Å². The van der Waals surface area contributed by atoms with E-state index < -0.39 is 0 Å². The van der Waals surface area contributed by atoms with Gasteiger partial charge in [-0.05, 0) is 31.2 Å². The first-order valence-corrected chi connectivity index (χ1v) is 5.94. The highest BCUT2D eigenvalue weighted by Gasteiger charge is 2.12. The summed E-state index contributed by atoms with van der Waals surface area (Å²) in [6, 6.07) is 11.7. The van der Waals surface area contributed by atoms with Crippen LogP contribution in [-0.2, 0) is 0 Å². The van der Waals surface area contributed by atoms with Gasteiger partial charge in [0.05, 0.1) is 5.69 Å². The van der Waals surface area contributed by atoms with E-state index in [1.54, 1.807) is 17.1 Å². The molecular formula is C14H13N5. The van der Waals surface area contributed by atoms with E-state index in [0.29, 0.717) is 11.5 Å². The van der Waals surface area contributed by atoms with Crippen LogP contribution in [0.5, 0.6) is 0 Å². The van der Waals surface area contributed by atoms with Gasteiger partial charge in [-0.15, -0.1) is 5.10 Å². The minimum absolute atomic E-state index is 0.523. The molecule has 0 aliphatic carbocycles. The van der Waals surface area contributed by atoms with Crippen LogP contribution in [0.4, 0.5) is 5.82 Å². The third-order valence-electron chi connectivity index (χ3n) is 2.94. The van der Waals surface area contributed by atoms with Crippen molar-refractivity contribution < 1.29 is 0 Å². The normalized spacial score (nSPS) is 10.6. The lowest BCUT2D eigenvalue weighted by Crippen LogP contribution is -2.02. The second-order valence-corrected chi connectivity index (χ2v) is 4.31. The van der Waals surface area contributed by atoms with Crippen LogP contribution in [0.2, 0.25) is 0 Å². The summed E-state index contributed by atoms with van der Waals surface area (Å²) in [5, 5.41) is 8.26. The molecule has 0 saturated heterocycles. The van der Waals surface area contributed by atoms with E-state index >= 15 is 0 Å². The number of nitrogen functional groups attached to an aromatic ring is 1. The van der Waals surface area contributed by atoms with Crippen molar-refractivity contribution in [2.24, 2.45) is 0 Å². The zero-order valence-electron chi connectivity index (χ0n) is 10.5. The van der Waals surface area contributed by atoms with Crippen molar-refractivity contribution in [1.82, 2.24) is 20.0 Å². The topological polar surface area (TPSA) is 69.6 Å². The Kier molecular flexibility index (Phi) is 2.72. The van der Waals surface area contributed by atoms with Gasteiger partial charge in [0.15, 0.2) is 5.82 Å². The molecule has 5 heteroatoms. The number of nitrogens with zero attached hydrogens (tertiary/aromatic N) is 4. The molecule has 0 fully saturated rings. The van der Waals surface area contributed by atoms with Gasteiger partial charge in [-0.2, -0.15) is 4.68 Å². The number of hydrogen-bond acceptors (Lipinski definition) is 4. The third-order valence-corrected chi connectivity index (χ3v) is 2.94. The Morgan fingerprint density at radius 2 is 1.68 bits per heavy atom. The molecule has 19 heavy (non-hydrogen) atoms. The van der Waals surface area contributed by atoms with Gasteiger partial charge in [-0.3, -0.25) is 4.98 Å². The molecule has 2 heterocycles. The van der Waals surface area contributed by atoms with E-state index in [9.17, 15) is 0 Å². The van der Waals surface area contributed by atoms with Crippen LogP contribution in [0.1, 0.15) is 5.56 Å². The minimum atomic E-state index is 0.523. The summed E-state index contributed by atoms with van der Waals surface area (Å²) in [5.74, 6) is 0.523. The number of aryl methyl sites for hydroxylation is 1. The molecule has 0 unspecified atom stereocenters. The first-order valence-electron chi connectivity index (χ1n) is 5.94. The fourth-order valence-electron chi connectivity index (χ4n) is 1.88. The van der Waals surface area contributed by atoms with Gasteiger partial charge in [0.25, 0.3) is 0 Å². The number of nitrogens with two attached hydrogens (primary N) is 1. The van der Waals surface area contributed by atoms with Gasteiger partial charge in [-0.1, -0.05) is 22.9 Å². The average Bonchev–Trinajstić information content (AvgIpc) is 2.83. The molecule has 0 radical (unpaired) electrons. The van der Waals surface area contributed by atoms with Crippen LogP contribution in [0.25, 0.3) is 16.9 Å². The Hall–Kier alpha value is -2.69. The summed E-state index contributed by atoms with van der Waals surface area (Å²) >= 11 is 0. The number of anilines is 1. The molecule has 3 aromatic rings. The van der Waals surface area contributed by atoms with E-state index in [0.717, 1.165) is 11.3 Å². The summed E-state index contributed by atoms with van der Waals surface area (Å²) in [6.07, 6.45) is 3.42. The molecule has 0 saturated carbocycles. The standard InChI is InChI=1S/C14H13N5/c1-10-2-4-12(5-3-10)19-14(15)13(17-18-19)11-6-8-16-9-7-11/h2-9H,15H2,1H3. The Morgan fingerprint density at radius 1 is 1.00 bits per heavy atom. The highest BCUT2D eigenvalue weighted by molar-refractivity contribution is 5.70. The monoisotopic (exact) mass is 251 g/mol. The predicted octanol–water partition coefficient (Wildman–Crippen LogP) is 2.22. The maximum Gasteiger partial charge on any atom is 0.155 e. The number of benzene rings is 1. The number of rotatable bonds is 2. The Balaban J connectivity index is 2.06. The molecular weight excluding hydrogens is 238 g/mol. The van der Waals surface area contributed by atoms with Crippen molar-refractivity contribution >= 4 is 5.82 Å². The molecule has 0 bridgehead atoms. The van der Waals surface area contributed by atoms with Crippen molar-refractivity contribution in [3.63, 3.8) is 0 Å². The molecule has 2 aromatic heterocycles. The Labute approximate surface area is 110 Å². The summed E-state index contributed by atoms with van der Waals surface area (Å²) in [7, 11) is 0. The zero-order chi connectivity index (χ0) is 13.2. The molecule has 0 amide bonds. The van der Waals surface area contributed by atoms with Crippen molar-refractivity contribution in [2.45, 2.75) is 6.92 Å². The number of aromatic nitrogens is 4. The van der Waals surface area contributed by atoms with Crippen molar-refractivity contribution in [1.29, 1.82) is 0 Å². The second kappa shape index (κ2) is 4.53. The Morgan fingerprint density at radius 3 is 2.37 bits per heavy atom. The minimum Gasteiger partial charge on any atom is -0.382 e. The average molecular weight is 251 g/mol. The van der Waals surface area contributed by atoms with E-state index in [4.69, 9.17) is 5.73 Å². The van der Waals surface area contributed by atoms with E-state index in [1.165, 1.54) is 5.56 Å². The van der Waals surface area contributed by atoms with Crippen LogP contribution in [-0.4, -0.2) is 20.0 Å². The quantitative estimate of drug-likeness (QED) is 0.758. The lowest BCUT2D eigenvalue weighted by Gasteiger charge is -2.03. The molecule has 2 N–H and O–H groups in total. The number of pyridine rings is 1. The smallest absolute Gasteiger partial charge is 0.155 e. The largest absolute Gasteiger partial charge is 0.382 e. The predicted molar refractivity (Wildman–Crippen MR) is 73.7 cm³/mol. The van der Waals surface area contributed by atoms with Crippen molar-refractivity contribution in [3.05, 3.63) is 54.4 Å². The highest BCUT2D eigenvalue weighted by Crippen LogP contribution is 2.24. The molecule has 0 spiro atoms. The van der Waals surface area contributed by atoms with Gasteiger partial charge in [0.1, 0.15) is 5.69 Å². The lowest BCUT2D eigenvalue weighted by molar-refractivity contribution is 0.810. The second-order valence-electron chi connectivity index (χ2n) is 4.31. The summed E-state index contributed by atoms with van der Waals surface area (Å²) < 4.78 is 1.63. The summed E-state index contributed by atoms with van der Waals surface area (Å²) in [6.45, 7) is 2.04. The summed E-state index contributed by atoms with van der Waals surface area (Å²) in [5.41, 5.74) is 9.79. The van der Waals surface area contributed by atoms with Crippen LogP contribution >= 0.6 is 0 Å². The van der Waals surface area contributed by atoms with Gasteiger partial charge in [0.2, 0.25) is 0 Å². The lowest BCUT2D eigenvalue weighted by atomic mass is 10.2. The zero-order valence-corrected chi connectivity index (χ0v) is 10.5. The van der Waals surface area contributed by atoms with E-state index in [2.05, 4.69) is 15.3 Å². The SMILES string of the molecule is Cc1ccc(-n2nnc(-c3ccncc3)c2N)cc1. The van der Waals surface area contributed by atoms with Crippen LogP contribution in [0.15, 0.2) is 48.8 Å². The van der Waals surface area contributed by atoms with Crippen molar-refractivity contribution in [2.75, 3.05) is 5.73 Å². The maximum atomic E-state index is 6.12. The fraction of sp³-hybridized carbons (Fsp3) is 0.0714. The Bertz CT molecular complexity index is 686. The van der Waals surface area contributed by atoms with Crippen LogP contribution < -0.4 is 5.73 Å². The highest BCUT2D eigenvalue weighted by atomic mass is 15.5. The number of hydrogen-bond donors (Lipinski definition) is 1. The maximum absolute atomic E-state index is 6.12. The molecule has 0 atom stereocenters. The molecule has 0 aliphatic heterocycles. The fourth-order valence-corrected chi connectivity index (χ4v) is 1.88. The van der Waals surface area contributed by atoms with Crippen LogP contribution in [0, 0.1) is 6.92 Å². The van der Waals surface area contributed by atoms with Gasteiger partial charge in [0, 0.05) is 18.0 Å². The molecule has 3 rings (SSSR count). The first-order chi connectivity index (χ1) is 9.25. The van der Waals surface area contributed by atoms with E-state index in [-0.39, 0.29) is 0 Å². The third kappa shape index (κ3) is 2.06. The first kappa shape index (κ1) is 11.4.